The minimum atomic E-state index is -5.08. The van der Waals surface area contributed by atoms with Crippen molar-refractivity contribution in [2.75, 3.05) is 12.3 Å². The molecule has 5 N–H and O–H groups in total. The molecule has 3 heterocycles. The van der Waals surface area contributed by atoms with Gasteiger partial charge in [-0.25, -0.2) is 24.2 Å². The molecule has 0 spiro atoms. The van der Waals surface area contributed by atoms with Gasteiger partial charge in [-0.3, -0.25) is 4.57 Å². The Balaban J connectivity index is 0.000000479. The number of halogens is 5. The summed E-state index contributed by atoms with van der Waals surface area (Å²) >= 11 is 1.46. The summed E-state index contributed by atoms with van der Waals surface area (Å²) in [6, 6.07) is 3.75. The van der Waals surface area contributed by atoms with Crippen molar-refractivity contribution in [3.63, 3.8) is 0 Å². The van der Waals surface area contributed by atoms with Gasteiger partial charge >= 0.3 is 17.8 Å². The van der Waals surface area contributed by atoms with E-state index < -0.39 is 23.9 Å². The molecule has 0 amide bonds. The lowest BCUT2D eigenvalue weighted by Crippen LogP contribution is -2.27. The third kappa shape index (κ3) is 7.18. The van der Waals surface area contributed by atoms with Crippen LogP contribution in [0.25, 0.3) is 10.4 Å². The summed E-state index contributed by atoms with van der Waals surface area (Å²) in [7, 11) is 0. The number of rotatable bonds is 6. The maximum absolute atomic E-state index is 12.7. The maximum atomic E-state index is 12.7. The molecule has 0 aliphatic carbocycles. The second-order valence-corrected chi connectivity index (χ2v) is 7.33. The number of nitrogens with zero attached hydrogens (tertiary/aromatic N) is 5. The van der Waals surface area contributed by atoms with E-state index in [2.05, 4.69) is 15.1 Å². The van der Waals surface area contributed by atoms with Crippen molar-refractivity contribution in [3.05, 3.63) is 57.9 Å². The molecular formula is C17H16F5N7O3S. The molecule has 0 aliphatic heterocycles. The summed E-state index contributed by atoms with van der Waals surface area (Å²) in [6.45, 7) is -0.387. The highest BCUT2D eigenvalue weighted by Gasteiger charge is 2.38. The van der Waals surface area contributed by atoms with E-state index in [0.29, 0.717) is 0 Å². The number of hydrogen-bond donors (Lipinski definition) is 3. The minimum absolute atomic E-state index is 0.195. The average molecular weight is 493 g/mol. The van der Waals surface area contributed by atoms with E-state index in [-0.39, 0.29) is 31.2 Å². The highest BCUT2D eigenvalue weighted by molar-refractivity contribution is 7.15. The molecule has 3 aromatic heterocycles. The van der Waals surface area contributed by atoms with Gasteiger partial charge in [0.1, 0.15) is 6.33 Å². The lowest BCUT2D eigenvalue weighted by Gasteiger charge is -2.02. The molecule has 0 aromatic carbocycles. The van der Waals surface area contributed by atoms with Crippen molar-refractivity contribution in [1.82, 2.24) is 24.3 Å². The van der Waals surface area contributed by atoms with Gasteiger partial charge in [-0.15, -0.1) is 11.3 Å². The van der Waals surface area contributed by atoms with Crippen molar-refractivity contribution >= 4 is 23.3 Å². The molecule has 0 unspecified atom stereocenters. The number of alkyl halides is 3. The number of aromatic nitrogens is 5. The van der Waals surface area contributed by atoms with Crippen LogP contribution in [0.3, 0.4) is 0 Å². The van der Waals surface area contributed by atoms with Crippen molar-refractivity contribution < 1.29 is 31.9 Å². The number of anilines is 1. The van der Waals surface area contributed by atoms with Crippen molar-refractivity contribution in [2.24, 2.45) is 5.73 Å². The number of carbonyl (C=O) groups is 1. The number of hydrogen-bond acceptors (Lipinski definition) is 8. The maximum Gasteiger partial charge on any atom is 0.490 e. The Morgan fingerprint density at radius 2 is 1.79 bits per heavy atom. The molecule has 33 heavy (non-hydrogen) atoms. The van der Waals surface area contributed by atoms with Gasteiger partial charge in [0, 0.05) is 39.8 Å². The van der Waals surface area contributed by atoms with Crippen LogP contribution in [0.5, 0.6) is 0 Å². The van der Waals surface area contributed by atoms with Crippen molar-refractivity contribution in [1.29, 1.82) is 0 Å². The van der Waals surface area contributed by atoms with Crippen LogP contribution in [0.1, 0.15) is 4.88 Å². The third-order valence-corrected chi connectivity index (χ3v) is 4.96. The Morgan fingerprint density at radius 1 is 1.18 bits per heavy atom. The Labute approximate surface area is 185 Å². The first-order chi connectivity index (χ1) is 15.4. The summed E-state index contributed by atoms with van der Waals surface area (Å²) in [6.07, 6.45) is -2.41. The van der Waals surface area contributed by atoms with E-state index in [1.807, 2.05) is 12.1 Å². The number of nitrogens with two attached hydrogens (primary N) is 2. The highest BCUT2D eigenvalue weighted by atomic mass is 32.1. The molecule has 0 radical (unpaired) electrons. The van der Waals surface area contributed by atoms with Crippen LogP contribution in [0.4, 0.5) is 27.9 Å². The smallest absolute Gasteiger partial charge is 0.475 e. The van der Waals surface area contributed by atoms with Crippen molar-refractivity contribution in [3.8, 4) is 10.4 Å². The fourth-order valence-corrected chi connectivity index (χ4v) is 3.20. The second kappa shape index (κ2) is 10.8. The predicted octanol–water partition coefficient (Wildman–Crippen LogP) is 1.94. The molecule has 0 atom stereocenters. The molecule has 0 saturated carbocycles. The second-order valence-electron chi connectivity index (χ2n) is 6.17. The van der Waals surface area contributed by atoms with Crippen LogP contribution >= 0.6 is 11.3 Å². The van der Waals surface area contributed by atoms with Gasteiger partial charge in [-0.05, 0) is 12.1 Å². The minimum Gasteiger partial charge on any atom is -0.475 e. The number of nitrogen functional groups attached to an aromatic ring is 1. The lowest BCUT2D eigenvalue weighted by molar-refractivity contribution is -0.192. The van der Waals surface area contributed by atoms with Gasteiger partial charge in [-0.1, -0.05) is 0 Å². The van der Waals surface area contributed by atoms with Gasteiger partial charge in [0.25, 0.3) is 6.08 Å². The van der Waals surface area contributed by atoms with E-state index in [4.69, 9.17) is 21.4 Å². The SMILES string of the molecule is NCC(Cn1ncn(Cc2ccc(-c3cnc(N)nc3)s2)c1=O)=C(F)F.O=C(O)C(F)(F)F. The lowest BCUT2D eigenvalue weighted by atomic mass is 10.3. The largest absolute Gasteiger partial charge is 0.490 e. The molecule has 0 fully saturated rings. The standard InChI is InChI=1S/C15H15F2N7OS.C2HF3O2/c16-13(17)9(3-18)6-24-15(25)23(8-22-24)7-11-1-2-12(26-11)10-4-20-14(19)21-5-10;3-2(4,5)1(6)7/h1-2,4-5,8H,3,6-7,18H2,(H2,19,20,21);(H,6,7). The zero-order chi connectivity index (χ0) is 24.8. The summed E-state index contributed by atoms with van der Waals surface area (Å²) in [5.41, 5.74) is 10.7. The molecule has 0 aliphatic rings. The number of carboxylic acids is 1. The van der Waals surface area contributed by atoms with Crippen LogP contribution < -0.4 is 17.2 Å². The van der Waals surface area contributed by atoms with Crippen LogP contribution in [0.2, 0.25) is 0 Å². The summed E-state index contributed by atoms with van der Waals surface area (Å²) in [5, 5.41) is 11.0. The molecule has 16 heteroatoms. The first-order valence-electron chi connectivity index (χ1n) is 8.74. The van der Waals surface area contributed by atoms with E-state index in [1.165, 1.54) is 22.2 Å². The first kappa shape index (κ1) is 25.6. The van der Waals surface area contributed by atoms with Crippen LogP contribution in [0.15, 0.2) is 47.3 Å². The normalized spacial score (nSPS) is 11.0. The zero-order valence-corrected chi connectivity index (χ0v) is 17.3. The van der Waals surface area contributed by atoms with Crippen LogP contribution in [0, 0.1) is 0 Å². The zero-order valence-electron chi connectivity index (χ0n) is 16.5. The van der Waals surface area contributed by atoms with Gasteiger partial charge in [-0.2, -0.15) is 27.1 Å². The van der Waals surface area contributed by atoms with E-state index in [1.54, 1.807) is 12.4 Å². The first-order valence-corrected chi connectivity index (χ1v) is 9.56. The average Bonchev–Trinajstić information content (AvgIpc) is 3.34. The Kier molecular flexibility index (Phi) is 8.36. The van der Waals surface area contributed by atoms with E-state index >= 15 is 0 Å². The van der Waals surface area contributed by atoms with E-state index in [9.17, 15) is 26.7 Å². The number of thiophene rings is 1. The molecular weight excluding hydrogens is 477 g/mol. The summed E-state index contributed by atoms with van der Waals surface area (Å²) < 4.78 is 59.4. The summed E-state index contributed by atoms with van der Waals surface area (Å²) in [5.74, 6) is -2.56. The molecule has 0 bridgehead atoms. The topological polar surface area (TPSA) is 155 Å². The van der Waals surface area contributed by atoms with Crippen LogP contribution in [-0.4, -0.2) is 48.1 Å². The van der Waals surface area contributed by atoms with Gasteiger partial charge in [0.05, 0.1) is 13.1 Å². The highest BCUT2D eigenvalue weighted by Crippen LogP contribution is 2.27. The monoisotopic (exact) mass is 493 g/mol. The third-order valence-electron chi connectivity index (χ3n) is 3.84. The molecule has 3 rings (SSSR count). The van der Waals surface area contributed by atoms with Gasteiger partial charge in [0.15, 0.2) is 0 Å². The fourth-order valence-electron chi connectivity index (χ4n) is 2.22. The molecule has 3 aromatic rings. The summed E-state index contributed by atoms with van der Waals surface area (Å²) in [4.78, 5) is 30.9. The van der Waals surface area contributed by atoms with Crippen molar-refractivity contribution in [2.45, 2.75) is 19.3 Å². The molecule has 178 valence electrons. The van der Waals surface area contributed by atoms with Gasteiger partial charge in [0.2, 0.25) is 5.95 Å². The Hall–Kier alpha value is -3.66. The Bertz CT molecular complexity index is 1180. The molecule has 10 nitrogen and oxygen atoms in total. The number of aliphatic carboxylic acids is 1. The van der Waals surface area contributed by atoms with Gasteiger partial charge < -0.3 is 16.6 Å². The fraction of sp³-hybridized carbons (Fsp3) is 0.235. The Morgan fingerprint density at radius 3 is 2.30 bits per heavy atom. The van der Waals surface area contributed by atoms with Crippen LogP contribution in [-0.2, 0) is 17.9 Å². The van der Waals surface area contributed by atoms with E-state index in [0.717, 1.165) is 20.0 Å². The predicted molar refractivity (Wildman–Crippen MR) is 107 cm³/mol. The molecule has 0 saturated heterocycles. The number of carboxylic acid groups (broad SMARTS) is 1. The quantitative estimate of drug-likeness (QED) is 0.440.